The van der Waals surface area contributed by atoms with Gasteiger partial charge in [-0.3, -0.25) is 4.90 Å². The highest BCUT2D eigenvalue weighted by Crippen LogP contribution is 2.30. The Morgan fingerprint density at radius 3 is 2.22 bits per heavy atom. The van der Waals surface area contributed by atoms with Crippen LogP contribution < -0.4 is 15.2 Å². The van der Waals surface area contributed by atoms with Crippen LogP contribution in [0.2, 0.25) is 0 Å². The molecule has 0 unspecified atom stereocenters. The number of unbranched alkanes of at least 4 members (excludes halogenated alkanes) is 2. The van der Waals surface area contributed by atoms with Gasteiger partial charge >= 0.3 is 0 Å². The minimum absolute atomic E-state index is 0.0861. The summed E-state index contributed by atoms with van der Waals surface area (Å²) in [6, 6.07) is 15.4. The molecule has 0 bridgehead atoms. The number of thiazole rings is 1. The predicted molar refractivity (Wildman–Crippen MR) is 142 cm³/mol. The molecule has 0 aliphatic carbocycles. The lowest BCUT2D eigenvalue weighted by Crippen LogP contribution is -2.35. The molecule has 192 valence electrons. The summed E-state index contributed by atoms with van der Waals surface area (Å²) in [7, 11) is 0. The van der Waals surface area contributed by atoms with Crippen LogP contribution >= 0.6 is 11.3 Å². The standard InChI is InChI=1S/C27H34N4O4S/c1-20-29-26(25(36-20)19-31-13-17-33-18-14-31)21-5-9-23(10-6-21)34-15-3-2-4-16-35-24-11-7-22(8-12-24)27(28)30-32/h5-12,32H,2-4,13-19H2,1H3,(H2,28,30). The van der Waals surface area contributed by atoms with Crippen molar-refractivity contribution in [2.24, 2.45) is 10.9 Å². The van der Waals surface area contributed by atoms with Crippen LogP contribution in [0.3, 0.4) is 0 Å². The van der Waals surface area contributed by atoms with E-state index in [-0.39, 0.29) is 5.84 Å². The van der Waals surface area contributed by atoms with Gasteiger partial charge in [-0.1, -0.05) is 5.16 Å². The average molecular weight is 511 g/mol. The van der Waals surface area contributed by atoms with Crippen molar-refractivity contribution in [1.82, 2.24) is 9.88 Å². The third-order valence-electron chi connectivity index (χ3n) is 5.99. The van der Waals surface area contributed by atoms with E-state index in [9.17, 15) is 0 Å². The van der Waals surface area contributed by atoms with Crippen molar-refractivity contribution >= 4 is 17.2 Å². The Bertz CT molecular complexity index is 1110. The molecule has 0 saturated carbocycles. The Hall–Kier alpha value is -3.14. The van der Waals surface area contributed by atoms with Crippen LogP contribution in [0.1, 0.15) is 34.7 Å². The van der Waals surface area contributed by atoms with Crippen molar-refractivity contribution < 1.29 is 19.4 Å². The van der Waals surface area contributed by atoms with E-state index < -0.39 is 0 Å². The highest BCUT2D eigenvalue weighted by atomic mass is 32.1. The van der Waals surface area contributed by atoms with E-state index in [4.69, 9.17) is 30.1 Å². The van der Waals surface area contributed by atoms with Crippen LogP contribution in [0.15, 0.2) is 53.7 Å². The number of hydrogen-bond acceptors (Lipinski definition) is 8. The molecule has 0 spiro atoms. The largest absolute Gasteiger partial charge is 0.494 e. The first kappa shape index (κ1) is 25.9. The van der Waals surface area contributed by atoms with E-state index in [1.807, 2.05) is 24.3 Å². The molecular weight excluding hydrogens is 476 g/mol. The molecular formula is C27H34N4O4S. The summed E-state index contributed by atoms with van der Waals surface area (Å²) >= 11 is 1.78. The van der Waals surface area contributed by atoms with Gasteiger partial charge in [0, 0.05) is 35.6 Å². The second-order valence-corrected chi connectivity index (χ2v) is 9.97. The van der Waals surface area contributed by atoms with Crippen molar-refractivity contribution in [3.05, 3.63) is 64.0 Å². The molecule has 1 aliphatic heterocycles. The summed E-state index contributed by atoms with van der Waals surface area (Å²) in [5, 5.41) is 12.8. The maximum absolute atomic E-state index is 8.71. The fourth-order valence-corrected chi connectivity index (χ4v) is 5.01. The van der Waals surface area contributed by atoms with Gasteiger partial charge in [0.15, 0.2) is 5.84 Å². The first-order valence-electron chi connectivity index (χ1n) is 12.3. The van der Waals surface area contributed by atoms with E-state index in [1.165, 1.54) is 4.88 Å². The molecule has 0 atom stereocenters. The van der Waals surface area contributed by atoms with Gasteiger partial charge in [0.1, 0.15) is 11.5 Å². The summed E-state index contributed by atoms with van der Waals surface area (Å²) in [5.41, 5.74) is 8.43. The van der Waals surface area contributed by atoms with Gasteiger partial charge in [0.25, 0.3) is 0 Å². The third kappa shape index (κ3) is 7.43. The molecule has 4 rings (SSSR count). The summed E-state index contributed by atoms with van der Waals surface area (Å²) in [6.45, 7) is 7.85. The SMILES string of the molecule is Cc1nc(-c2ccc(OCCCCCOc3ccc(C(N)=NO)cc3)cc2)c(CN2CCOCC2)s1. The van der Waals surface area contributed by atoms with E-state index in [0.717, 1.165) is 79.9 Å². The van der Waals surface area contributed by atoms with Gasteiger partial charge in [0.2, 0.25) is 0 Å². The highest BCUT2D eigenvalue weighted by Gasteiger charge is 2.17. The molecule has 1 aliphatic rings. The lowest BCUT2D eigenvalue weighted by atomic mass is 10.1. The quantitative estimate of drug-likeness (QED) is 0.120. The van der Waals surface area contributed by atoms with Gasteiger partial charge in [0.05, 0.1) is 37.1 Å². The van der Waals surface area contributed by atoms with E-state index in [1.54, 1.807) is 23.5 Å². The minimum atomic E-state index is 0.0861. The van der Waals surface area contributed by atoms with Crippen molar-refractivity contribution in [1.29, 1.82) is 0 Å². The van der Waals surface area contributed by atoms with Crippen molar-refractivity contribution in [3.63, 3.8) is 0 Å². The maximum atomic E-state index is 8.71. The van der Waals surface area contributed by atoms with Gasteiger partial charge in [-0.25, -0.2) is 4.98 Å². The molecule has 36 heavy (non-hydrogen) atoms. The zero-order valence-corrected chi connectivity index (χ0v) is 21.5. The van der Waals surface area contributed by atoms with Crippen LogP contribution in [0.4, 0.5) is 0 Å². The Labute approximate surface area is 216 Å². The van der Waals surface area contributed by atoms with Crippen LogP contribution in [0.5, 0.6) is 11.5 Å². The first-order chi connectivity index (χ1) is 17.6. The first-order valence-corrected chi connectivity index (χ1v) is 13.1. The molecule has 0 radical (unpaired) electrons. The predicted octanol–water partition coefficient (Wildman–Crippen LogP) is 4.67. The Morgan fingerprint density at radius 2 is 1.61 bits per heavy atom. The van der Waals surface area contributed by atoms with Crippen molar-refractivity contribution in [2.75, 3.05) is 39.5 Å². The van der Waals surface area contributed by atoms with Gasteiger partial charge < -0.3 is 25.2 Å². The van der Waals surface area contributed by atoms with Gasteiger partial charge in [-0.2, -0.15) is 0 Å². The number of hydrogen-bond donors (Lipinski definition) is 2. The molecule has 9 heteroatoms. The molecule has 0 amide bonds. The summed E-state index contributed by atoms with van der Waals surface area (Å²) in [6.07, 6.45) is 2.92. The Morgan fingerprint density at radius 1 is 1.00 bits per heavy atom. The van der Waals surface area contributed by atoms with E-state index in [2.05, 4.69) is 29.1 Å². The molecule has 3 N–H and O–H groups in total. The Kier molecular flexibility index (Phi) is 9.54. The van der Waals surface area contributed by atoms with Crippen molar-refractivity contribution in [3.8, 4) is 22.8 Å². The number of nitrogens with two attached hydrogens (primary N) is 1. The number of benzene rings is 2. The number of ether oxygens (including phenoxy) is 3. The molecule has 2 aromatic carbocycles. The zero-order valence-electron chi connectivity index (χ0n) is 20.7. The number of amidine groups is 1. The van der Waals surface area contributed by atoms with Crippen molar-refractivity contribution in [2.45, 2.75) is 32.7 Å². The monoisotopic (exact) mass is 510 g/mol. The van der Waals surface area contributed by atoms with Crippen LogP contribution in [-0.4, -0.2) is 60.4 Å². The fraction of sp³-hybridized carbons (Fsp3) is 0.407. The minimum Gasteiger partial charge on any atom is -0.494 e. The third-order valence-corrected chi connectivity index (χ3v) is 6.94. The molecule has 3 aromatic rings. The number of oxime groups is 1. The topological polar surface area (TPSA) is 102 Å². The summed E-state index contributed by atoms with van der Waals surface area (Å²) < 4.78 is 17.2. The fourth-order valence-electron chi connectivity index (χ4n) is 4.01. The average Bonchev–Trinajstić information content (AvgIpc) is 3.28. The molecule has 1 fully saturated rings. The lowest BCUT2D eigenvalue weighted by Gasteiger charge is -2.26. The van der Waals surface area contributed by atoms with E-state index >= 15 is 0 Å². The maximum Gasteiger partial charge on any atom is 0.170 e. The smallest absolute Gasteiger partial charge is 0.170 e. The highest BCUT2D eigenvalue weighted by molar-refractivity contribution is 7.12. The Balaban J connectivity index is 1.16. The van der Waals surface area contributed by atoms with Crippen LogP contribution in [-0.2, 0) is 11.3 Å². The van der Waals surface area contributed by atoms with Crippen LogP contribution in [0.25, 0.3) is 11.3 Å². The number of rotatable bonds is 12. The lowest BCUT2D eigenvalue weighted by molar-refractivity contribution is 0.0347. The second-order valence-electron chi connectivity index (χ2n) is 8.68. The summed E-state index contributed by atoms with van der Waals surface area (Å²) in [5.74, 6) is 1.73. The van der Waals surface area contributed by atoms with Gasteiger partial charge in [-0.15, -0.1) is 11.3 Å². The molecule has 1 saturated heterocycles. The second kappa shape index (κ2) is 13.2. The summed E-state index contributed by atoms with van der Waals surface area (Å²) in [4.78, 5) is 8.55. The molecule has 1 aromatic heterocycles. The number of aryl methyl sites for hydroxylation is 1. The van der Waals surface area contributed by atoms with Crippen LogP contribution in [0, 0.1) is 6.92 Å². The molecule has 2 heterocycles. The van der Waals surface area contributed by atoms with Gasteiger partial charge in [-0.05, 0) is 74.7 Å². The number of nitrogens with zero attached hydrogens (tertiary/aromatic N) is 3. The van der Waals surface area contributed by atoms with E-state index in [0.29, 0.717) is 18.8 Å². The number of morpholine rings is 1. The zero-order chi connectivity index (χ0) is 25.2. The normalized spacial score (nSPS) is 14.6. The number of aromatic nitrogens is 1. The molecule has 8 nitrogen and oxygen atoms in total.